The maximum atomic E-state index is 12.5. The smallest absolute Gasteiger partial charge is 0.266 e. The molecule has 2 aromatic carbocycles. The number of unbranched alkanes of at least 4 members (excludes halogenated alkanes) is 1. The van der Waals surface area contributed by atoms with Crippen molar-refractivity contribution < 1.29 is 9.59 Å². The van der Waals surface area contributed by atoms with Crippen molar-refractivity contribution in [3.8, 4) is 0 Å². The van der Waals surface area contributed by atoms with Crippen LogP contribution in [0.4, 0.5) is 5.69 Å². The van der Waals surface area contributed by atoms with E-state index in [1.54, 1.807) is 24.3 Å². The number of anilines is 1. The molecule has 0 unspecified atom stereocenters. The standard InChI is InChI=1S/C19H19NO2/c1-3-4-7-14-10-11-17(13(2)12-14)20-18(21)15-8-5-6-9-16(15)19(20)22/h5-6,8-12H,3-4,7H2,1-2H3. The van der Waals surface area contributed by atoms with Crippen molar-refractivity contribution in [2.24, 2.45) is 0 Å². The Labute approximate surface area is 130 Å². The van der Waals surface area contributed by atoms with Crippen molar-refractivity contribution >= 4 is 17.5 Å². The van der Waals surface area contributed by atoms with Crippen molar-refractivity contribution in [3.05, 3.63) is 64.7 Å². The van der Waals surface area contributed by atoms with Crippen LogP contribution in [0.25, 0.3) is 0 Å². The first-order valence-electron chi connectivity index (χ1n) is 7.71. The highest BCUT2D eigenvalue weighted by Gasteiger charge is 2.36. The van der Waals surface area contributed by atoms with Gasteiger partial charge in [0.05, 0.1) is 16.8 Å². The van der Waals surface area contributed by atoms with Gasteiger partial charge in [-0.25, -0.2) is 4.90 Å². The summed E-state index contributed by atoms with van der Waals surface area (Å²) < 4.78 is 0. The Morgan fingerprint density at radius 2 is 1.59 bits per heavy atom. The minimum Gasteiger partial charge on any atom is -0.268 e. The van der Waals surface area contributed by atoms with Crippen molar-refractivity contribution in [1.29, 1.82) is 0 Å². The van der Waals surface area contributed by atoms with Crippen LogP contribution in [0.3, 0.4) is 0 Å². The first kappa shape index (κ1) is 14.5. The summed E-state index contributed by atoms with van der Waals surface area (Å²) in [4.78, 5) is 26.3. The molecule has 0 N–H and O–H groups in total. The molecule has 112 valence electrons. The number of rotatable bonds is 4. The topological polar surface area (TPSA) is 37.4 Å². The Balaban J connectivity index is 1.96. The van der Waals surface area contributed by atoms with E-state index in [9.17, 15) is 9.59 Å². The predicted molar refractivity (Wildman–Crippen MR) is 87.4 cm³/mol. The first-order valence-corrected chi connectivity index (χ1v) is 7.71. The molecule has 3 nitrogen and oxygen atoms in total. The van der Waals surface area contributed by atoms with E-state index in [1.807, 2.05) is 19.1 Å². The van der Waals surface area contributed by atoms with E-state index in [1.165, 1.54) is 10.5 Å². The van der Waals surface area contributed by atoms with Gasteiger partial charge in [-0.05, 0) is 49.1 Å². The number of benzene rings is 2. The minimum atomic E-state index is -0.231. The van der Waals surface area contributed by atoms with Gasteiger partial charge in [0.1, 0.15) is 0 Å². The summed E-state index contributed by atoms with van der Waals surface area (Å²) in [7, 11) is 0. The van der Waals surface area contributed by atoms with Crippen LogP contribution in [0, 0.1) is 6.92 Å². The molecule has 0 saturated heterocycles. The summed E-state index contributed by atoms with van der Waals surface area (Å²) in [6, 6.07) is 13.0. The highest BCUT2D eigenvalue weighted by atomic mass is 16.2. The average molecular weight is 293 g/mol. The lowest BCUT2D eigenvalue weighted by atomic mass is 10.0. The van der Waals surface area contributed by atoms with Gasteiger partial charge in [-0.3, -0.25) is 9.59 Å². The highest BCUT2D eigenvalue weighted by molar-refractivity contribution is 6.34. The maximum absolute atomic E-state index is 12.5. The number of imide groups is 1. The molecule has 0 spiro atoms. The third-order valence-electron chi connectivity index (χ3n) is 4.12. The molecule has 1 aliphatic heterocycles. The third-order valence-corrected chi connectivity index (χ3v) is 4.12. The normalized spacial score (nSPS) is 13.6. The van der Waals surface area contributed by atoms with Crippen LogP contribution < -0.4 is 4.90 Å². The Hall–Kier alpha value is -2.42. The lowest BCUT2D eigenvalue weighted by Crippen LogP contribution is -2.30. The number of fused-ring (bicyclic) bond motifs is 1. The fourth-order valence-corrected chi connectivity index (χ4v) is 2.91. The summed E-state index contributed by atoms with van der Waals surface area (Å²) in [5, 5.41) is 0. The van der Waals surface area contributed by atoms with E-state index in [4.69, 9.17) is 0 Å². The van der Waals surface area contributed by atoms with Crippen LogP contribution in [-0.4, -0.2) is 11.8 Å². The van der Waals surface area contributed by atoms with Crippen LogP contribution >= 0.6 is 0 Å². The molecule has 0 atom stereocenters. The van der Waals surface area contributed by atoms with Crippen molar-refractivity contribution in [1.82, 2.24) is 0 Å². The van der Waals surface area contributed by atoms with Crippen LogP contribution in [0.2, 0.25) is 0 Å². The van der Waals surface area contributed by atoms with Crippen LogP contribution in [0.1, 0.15) is 51.6 Å². The molecule has 0 saturated carbocycles. The molecule has 3 rings (SSSR count). The summed E-state index contributed by atoms with van der Waals surface area (Å²) in [5.41, 5.74) is 3.87. The molecule has 2 aromatic rings. The van der Waals surface area contributed by atoms with Crippen molar-refractivity contribution in [2.45, 2.75) is 33.1 Å². The number of hydrogen-bond donors (Lipinski definition) is 0. The Morgan fingerprint density at radius 3 is 2.14 bits per heavy atom. The van der Waals surface area contributed by atoms with Gasteiger partial charge in [-0.2, -0.15) is 0 Å². The number of carbonyl (C=O) groups is 2. The van der Waals surface area contributed by atoms with Crippen LogP contribution in [0.15, 0.2) is 42.5 Å². The molecule has 0 aliphatic carbocycles. The second kappa shape index (κ2) is 5.76. The van der Waals surface area contributed by atoms with Gasteiger partial charge in [0.2, 0.25) is 0 Å². The predicted octanol–water partition coefficient (Wildman–Crippen LogP) is 4.14. The molecular weight excluding hydrogens is 274 g/mol. The SMILES string of the molecule is CCCCc1ccc(N2C(=O)c3ccccc3C2=O)c(C)c1. The second-order valence-corrected chi connectivity index (χ2v) is 5.72. The lowest BCUT2D eigenvalue weighted by Gasteiger charge is -2.17. The molecule has 0 aromatic heterocycles. The fraction of sp³-hybridized carbons (Fsp3) is 0.263. The van der Waals surface area contributed by atoms with Gasteiger partial charge in [-0.1, -0.05) is 37.6 Å². The molecule has 1 aliphatic rings. The minimum absolute atomic E-state index is 0.231. The summed E-state index contributed by atoms with van der Waals surface area (Å²) in [6.07, 6.45) is 3.32. The number of hydrogen-bond acceptors (Lipinski definition) is 2. The lowest BCUT2D eigenvalue weighted by molar-refractivity contribution is 0.0926. The molecule has 1 heterocycles. The molecule has 0 bridgehead atoms. The first-order chi connectivity index (χ1) is 10.6. The number of amides is 2. The Bertz CT molecular complexity index is 714. The maximum Gasteiger partial charge on any atom is 0.266 e. The van der Waals surface area contributed by atoms with Gasteiger partial charge >= 0.3 is 0 Å². The Morgan fingerprint density at radius 1 is 0.955 bits per heavy atom. The van der Waals surface area contributed by atoms with Crippen LogP contribution in [-0.2, 0) is 6.42 Å². The number of nitrogens with zero attached hydrogens (tertiary/aromatic N) is 1. The quantitative estimate of drug-likeness (QED) is 0.795. The molecule has 3 heteroatoms. The fourth-order valence-electron chi connectivity index (χ4n) is 2.91. The second-order valence-electron chi connectivity index (χ2n) is 5.72. The zero-order chi connectivity index (χ0) is 15.7. The molecular formula is C19H19NO2. The van der Waals surface area contributed by atoms with Gasteiger partial charge in [0.25, 0.3) is 11.8 Å². The molecule has 22 heavy (non-hydrogen) atoms. The summed E-state index contributed by atoms with van der Waals surface area (Å²) in [5.74, 6) is -0.463. The van der Waals surface area contributed by atoms with Gasteiger partial charge in [0, 0.05) is 0 Å². The zero-order valence-corrected chi connectivity index (χ0v) is 12.9. The highest BCUT2D eigenvalue weighted by Crippen LogP contribution is 2.31. The van der Waals surface area contributed by atoms with E-state index in [-0.39, 0.29) is 11.8 Å². The summed E-state index contributed by atoms with van der Waals surface area (Å²) >= 11 is 0. The Kier molecular flexibility index (Phi) is 3.80. The summed E-state index contributed by atoms with van der Waals surface area (Å²) in [6.45, 7) is 4.12. The van der Waals surface area contributed by atoms with E-state index in [0.29, 0.717) is 16.8 Å². The number of carbonyl (C=O) groups excluding carboxylic acids is 2. The van der Waals surface area contributed by atoms with E-state index in [0.717, 1.165) is 24.8 Å². The van der Waals surface area contributed by atoms with Gasteiger partial charge in [-0.15, -0.1) is 0 Å². The van der Waals surface area contributed by atoms with Crippen LogP contribution in [0.5, 0.6) is 0 Å². The molecule has 2 amide bonds. The third kappa shape index (κ3) is 2.33. The van der Waals surface area contributed by atoms with E-state index in [2.05, 4.69) is 13.0 Å². The molecule has 0 fully saturated rings. The van der Waals surface area contributed by atoms with E-state index < -0.39 is 0 Å². The molecule has 0 radical (unpaired) electrons. The van der Waals surface area contributed by atoms with E-state index >= 15 is 0 Å². The largest absolute Gasteiger partial charge is 0.268 e. The zero-order valence-electron chi connectivity index (χ0n) is 12.9. The van der Waals surface area contributed by atoms with Crippen molar-refractivity contribution in [3.63, 3.8) is 0 Å². The average Bonchev–Trinajstić information content (AvgIpc) is 2.78. The van der Waals surface area contributed by atoms with Crippen molar-refractivity contribution in [2.75, 3.05) is 4.90 Å². The van der Waals surface area contributed by atoms with Gasteiger partial charge in [0.15, 0.2) is 0 Å². The monoisotopic (exact) mass is 293 g/mol. The van der Waals surface area contributed by atoms with Gasteiger partial charge < -0.3 is 0 Å². The number of aryl methyl sites for hydroxylation is 2.